The molecule has 0 aromatic rings. The number of hydrogen-bond acceptors (Lipinski definition) is 15. The van der Waals surface area contributed by atoms with Crippen molar-refractivity contribution in [3.63, 3.8) is 0 Å². The number of phosphoric ester groups is 2. The van der Waals surface area contributed by atoms with Crippen LogP contribution in [-0.4, -0.2) is 96.7 Å². The second-order valence-corrected chi connectivity index (χ2v) is 29.6. The summed E-state index contributed by atoms with van der Waals surface area (Å²) in [7, 11) is -9.89. The van der Waals surface area contributed by atoms with Gasteiger partial charge in [0, 0.05) is 25.7 Å². The Morgan fingerprint density at radius 2 is 0.517 bits per heavy atom. The van der Waals surface area contributed by atoms with E-state index >= 15 is 0 Å². The highest BCUT2D eigenvalue weighted by Crippen LogP contribution is 2.45. The van der Waals surface area contributed by atoms with Crippen LogP contribution in [0.25, 0.3) is 0 Å². The van der Waals surface area contributed by atoms with Crippen LogP contribution in [0.1, 0.15) is 350 Å². The van der Waals surface area contributed by atoms with E-state index < -0.39 is 97.5 Å². The van der Waals surface area contributed by atoms with Crippen molar-refractivity contribution in [2.24, 2.45) is 17.8 Å². The second kappa shape index (κ2) is 61.0. The Morgan fingerprint density at radius 3 is 0.764 bits per heavy atom. The van der Waals surface area contributed by atoms with Gasteiger partial charge < -0.3 is 33.8 Å². The summed E-state index contributed by atoms with van der Waals surface area (Å²) in [6.45, 7) is 11.7. The van der Waals surface area contributed by atoms with Gasteiger partial charge in [-0.1, -0.05) is 299 Å². The maximum atomic E-state index is 13.0. The van der Waals surface area contributed by atoms with Crippen LogP contribution < -0.4 is 0 Å². The number of phosphoric acid groups is 2. The molecule has 2 unspecified atom stereocenters. The Kier molecular flexibility index (Phi) is 59.6. The molecule has 19 heteroatoms. The summed E-state index contributed by atoms with van der Waals surface area (Å²) in [5.41, 5.74) is 0. The molecule has 0 saturated carbocycles. The van der Waals surface area contributed by atoms with Gasteiger partial charge in [-0.3, -0.25) is 37.3 Å². The highest BCUT2D eigenvalue weighted by molar-refractivity contribution is 7.47. The van der Waals surface area contributed by atoms with Crippen LogP contribution in [0.2, 0.25) is 0 Å². The van der Waals surface area contributed by atoms with Gasteiger partial charge in [-0.15, -0.1) is 0 Å². The van der Waals surface area contributed by atoms with Crippen LogP contribution in [0, 0.1) is 17.8 Å². The molecule has 0 radical (unpaired) electrons. The maximum absolute atomic E-state index is 13.0. The Morgan fingerprint density at radius 1 is 0.303 bits per heavy atom. The van der Waals surface area contributed by atoms with Crippen LogP contribution in [0.4, 0.5) is 0 Å². The maximum Gasteiger partial charge on any atom is 0.472 e. The Hall–Kier alpha value is -1.94. The summed E-state index contributed by atoms with van der Waals surface area (Å²) in [6.07, 6.45) is 45.0. The van der Waals surface area contributed by atoms with Gasteiger partial charge in [-0.2, -0.15) is 0 Å². The molecule has 5 atom stereocenters. The molecule has 17 nitrogen and oxygen atoms in total. The van der Waals surface area contributed by atoms with E-state index in [2.05, 4.69) is 48.5 Å². The SMILES string of the molecule is CCCCCCCC(=O)OC[C@H](COP(=O)(O)OC[C@H](O)COP(=O)(O)OC[C@@H](COC(=O)CCCCCCCCCCCCCCCC(C)C)OC(=O)CCCCCCCCCCCCCCCCCC(C)C)OC(=O)CCCCCCCCCC(C)C. The molecule has 0 heterocycles. The zero-order valence-corrected chi connectivity index (χ0v) is 59.7. The molecule has 0 bridgehead atoms. The van der Waals surface area contributed by atoms with E-state index in [-0.39, 0.29) is 25.7 Å². The van der Waals surface area contributed by atoms with Crippen molar-refractivity contribution in [2.75, 3.05) is 39.6 Å². The molecule has 0 aromatic heterocycles. The Bertz CT molecular complexity index is 1750. The third kappa shape index (κ3) is 64.6. The number of rotatable bonds is 68. The smallest absolute Gasteiger partial charge is 0.462 e. The third-order valence-corrected chi connectivity index (χ3v) is 18.0. The van der Waals surface area contributed by atoms with E-state index in [1.54, 1.807) is 0 Å². The number of aliphatic hydroxyl groups excluding tert-OH is 1. The summed E-state index contributed by atoms with van der Waals surface area (Å²) in [4.78, 5) is 72.2. The Labute approximate surface area is 543 Å². The van der Waals surface area contributed by atoms with E-state index in [0.717, 1.165) is 108 Å². The second-order valence-electron chi connectivity index (χ2n) is 26.7. The van der Waals surface area contributed by atoms with Gasteiger partial charge >= 0.3 is 39.5 Å². The first-order chi connectivity index (χ1) is 42.7. The number of carbonyl (C=O) groups excluding carboxylic acids is 4. The van der Waals surface area contributed by atoms with Gasteiger partial charge in [0.1, 0.15) is 19.3 Å². The predicted octanol–water partition coefficient (Wildman–Crippen LogP) is 19.8. The van der Waals surface area contributed by atoms with Crippen molar-refractivity contribution in [3.8, 4) is 0 Å². The van der Waals surface area contributed by atoms with Gasteiger partial charge in [-0.05, 0) is 43.4 Å². The minimum Gasteiger partial charge on any atom is -0.462 e. The standard InChI is InChI=1S/C70H136O17P2/c1-8-9-10-34-44-51-67(72)80-57-65(86-70(75)54-47-40-33-27-30-37-43-50-63(6)7)59-84-88(76,77)82-55-64(71)56-83-89(78,79)85-60-66(58-81-68(73)52-45-38-31-25-21-18-14-16-20-24-29-36-42-49-62(4)5)87-69(74)53-46-39-32-26-22-17-13-11-12-15-19-23-28-35-41-48-61(2)3/h61-66,71H,8-60H2,1-7H3,(H,76,77)(H,78,79)/t64-,65+,66+/m0/s1. The van der Waals surface area contributed by atoms with Gasteiger partial charge in [-0.25, -0.2) is 9.13 Å². The quantitative estimate of drug-likeness (QED) is 0.0222. The van der Waals surface area contributed by atoms with Crippen molar-refractivity contribution in [1.29, 1.82) is 0 Å². The fraction of sp³-hybridized carbons (Fsp3) is 0.943. The molecule has 3 N–H and O–H groups in total. The third-order valence-electron chi connectivity index (χ3n) is 16.1. The topological polar surface area (TPSA) is 237 Å². The lowest BCUT2D eigenvalue weighted by Gasteiger charge is -2.21. The van der Waals surface area contributed by atoms with Crippen LogP contribution in [0.3, 0.4) is 0 Å². The lowest BCUT2D eigenvalue weighted by molar-refractivity contribution is -0.161. The summed E-state index contributed by atoms with van der Waals surface area (Å²) in [5, 5.41) is 10.5. The van der Waals surface area contributed by atoms with Crippen molar-refractivity contribution in [1.82, 2.24) is 0 Å². The molecule has 0 aliphatic heterocycles. The number of aliphatic hydroxyl groups is 1. The molecule has 0 rings (SSSR count). The van der Waals surface area contributed by atoms with E-state index in [9.17, 15) is 43.2 Å². The fourth-order valence-electron chi connectivity index (χ4n) is 10.5. The molecule has 528 valence electrons. The van der Waals surface area contributed by atoms with Gasteiger partial charge in [0.05, 0.1) is 26.4 Å². The van der Waals surface area contributed by atoms with Crippen LogP contribution in [0.5, 0.6) is 0 Å². The molecule has 0 aliphatic carbocycles. The number of ether oxygens (including phenoxy) is 4. The van der Waals surface area contributed by atoms with E-state index in [1.807, 2.05) is 0 Å². The van der Waals surface area contributed by atoms with Crippen molar-refractivity contribution in [3.05, 3.63) is 0 Å². The summed E-state index contributed by atoms with van der Waals surface area (Å²) >= 11 is 0. The highest BCUT2D eigenvalue weighted by Gasteiger charge is 2.30. The first kappa shape index (κ1) is 87.1. The minimum atomic E-state index is -4.95. The lowest BCUT2D eigenvalue weighted by atomic mass is 10.0. The van der Waals surface area contributed by atoms with E-state index in [0.29, 0.717) is 31.6 Å². The molecule has 0 spiro atoms. The molecule has 0 aliphatic rings. The molecule has 0 saturated heterocycles. The first-order valence-corrected chi connectivity index (χ1v) is 39.3. The first-order valence-electron chi connectivity index (χ1n) is 36.3. The van der Waals surface area contributed by atoms with Crippen molar-refractivity contribution in [2.45, 2.75) is 369 Å². The average molecular weight is 1310 g/mol. The average Bonchev–Trinajstić information content (AvgIpc) is 3.70. The van der Waals surface area contributed by atoms with Crippen LogP contribution in [0.15, 0.2) is 0 Å². The van der Waals surface area contributed by atoms with E-state index in [4.69, 9.17) is 37.0 Å². The Balaban J connectivity index is 5.15. The number of carbonyl (C=O) groups is 4. The van der Waals surface area contributed by atoms with Gasteiger partial charge in [0.15, 0.2) is 12.2 Å². The van der Waals surface area contributed by atoms with E-state index in [1.165, 1.54) is 154 Å². The summed E-state index contributed by atoms with van der Waals surface area (Å²) in [5.74, 6) is 0.151. The fourth-order valence-corrected chi connectivity index (χ4v) is 12.1. The molecular weight excluding hydrogens is 1170 g/mol. The zero-order valence-electron chi connectivity index (χ0n) is 57.9. The van der Waals surface area contributed by atoms with Gasteiger partial charge in [0.2, 0.25) is 0 Å². The zero-order chi connectivity index (χ0) is 65.9. The molecule has 0 fully saturated rings. The normalized spacial score (nSPS) is 14.2. The molecule has 89 heavy (non-hydrogen) atoms. The largest absolute Gasteiger partial charge is 0.472 e. The van der Waals surface area contributed by atoms with Crippen molar-refractivity contribution < 1.29 is 80.2 Å². The number of unbranched alkanes of at least 4 members (excludes halogenated alkanes) is 36. The molecule has 0 aromatic carbocycles. The van der Waals surface area contributed by atoms with Crippen molar-refractivity contribution >= 4 is 39.5 Å². The minimum absolute atomic E-state index is 0.102. The lowest BCUT2D eigenvalue weighted by Crippen LogP contribution is -2.30. The number of hydrogen-bond donors (Lipinski definition) is 3. The van der Waals surface area contributed by atoms with Crippen LogP contribution >= 0.6 is 15.6 Å². The molecular formula is C70H136O17P2. The number of esters is 4. The highest BCUT2D eigenvalue weighted by atomic mass is 31.2. The predicted molar refractivity (Wildman–Crippen MR) is 358 cm³/mol. The summed E-state index contributed by atoms with van der Waals surface area (Å²) in [6, 6.07) is 0. The summed E-state index contributed by atoms with van der Waals surface area (Å²) < 4.78 is 68.0. The van der Waals surface area contributed by atoms with Crippen LogP contribution in [-0.2, 0) is 65.4 Å². The molecule has 0 amide bonds. The monoisotopic (exact) mass is 1310 g/mol. The van der Waals surface area contributed by atoms with Gasteiger partial charge in [0.25, 0.3) is 0 Å².